The number of nitrogens with one attached hydrogen (secondary N) is 2. The number of allylic oxidation sites excluding steroid dienone is 2. The number of rotatable bonds is 5. The van der Waals surface area contributed by atoms with Crippen molar-refractivity contribution in [2.45, 2.75) is 33.1 Å². The van der Waals surface area contributed by atoms with E-state index in [9.17, 15) is 4.39 Å². The minimum atomic E-state index is -0.433. The number of benzene rings is 1. The van der Waals surface area contributed by atoms with Crippen molar-refractivity contribution < 1.29 is 4.39 Å². The summed E-state index contributed by atoms with van der Waals surface area (Å²) in [4.78, 5) is 0. The summed E-state index contributed by atoms with van der Waals surface area (Å²) in [6.07, 6.45) is 3.42. The maximum Gasteiger partial charge on any atom is 0.0999 e. The zero-order chi connectivity index (χ0) is 13.9. The third-order valence-corrected chi connectivity index (χ3v) is 3.76. The molecule has 1 aliphatic carbocycles. The van der Waals surface area contributed by atoms with E-state index in [4.69, 9.17) is 0 Å². The van der Waals surface area contributed by atoms with E-state index in [1.807, 2.05) is 45.2 Å². The monoisotopic (exact) mass is 262 g/mol. The van der Waals surface area contributed by atoms with Gasteiger partial charge in [-0.15, -0.1) is 0 Å². The molecule has 0 atom stereocenters. The average molecular weight is 262 g/mol. The zero-order valence-corrected chi connectivity index (χ0v) is 12.0. The molecule has 0 radical (unpaired) electrons. The van der Waals surface area contributed by atoms with E-state index in [1.54, 1.807) is 0 Å². The Balaban J connectivity index is 2.21. The lowest BCUT2D eigenvalue weighted by molar-refractivity contribution is 0.301. The van der Waals surface area contributed by atoms with E-state index >= 15 is 0 Å². The summed E-state index contributed by atoms with van der Waals surface area (Å²) in [6, 6.07) is 8.10. The molecule has 3 heteroatoms. The zero-order valence-electron chi connectivity index (χ0n) is 12.0. The molecule has 2 N–H and O–H groups in total. The Labute approximate surface area is 115 Å². The minimum Gasteiger partial charge on any atom is -0.388 e. The second-order valence-electron chi connectivity index (χ2n) is 5.80. The highest BCUT2D eigenvalue weighted by Crippen LogP contribution is 2.38. The summed E-state index contributed by atoms with van der Waals surface area (Å²) < 4.78 is 13.3. The van der Waals surface area contributed by atoms with Gasteiger partial charge in [0.05, 0.1) is 6.67 Å². The molecule has 0 amide bonds. The van der Waals surface area contributed by atoms with Crippen LogP contribution in [0, 0.1) is 5.41 Å². The predicted molar refractivity (Wildman–Crippen MR) is 80.2 cm³/mol. The van der Waals surface area contributed by atoms with E-state index in [-0.39, 0.29) is 6.67 Å². The molecule has 0 spiro atoms. The molecule has 0 aliphatic heterocycles. The molecular formula is C16H23FN2. The molecule has 1 aromatic rings. The SMILES string of the molecule is CNc1ccc(NC(=C2CCC2)C(C)(C)CF)cc1. The van der Waals surface area contributed by atoms with Crippen molar-refractivity contribution in [1.29, 1.82) is 0 Å². The van der Waals surface area contributed by atoms with Crippen molar-refractivity contribution in [3.8, 4) is 0 Å². The van der Waals surface area contributed by atoms with Gasteiger partial charge in [0, 0.05) is 29.5 Å². The van der Waals surface area contributed by atoms with Gasteiger partial charge in [-0.25, -0.2) is 0 Å². The van der Waals surface area contributed by atoms with Crippen molar-refractivity contribution in [1.82, 2.24) is 0 Å². The van der Waals surface area contributed by atoms with Crippen LogP contribution in [0.25, 0.3) is 0 Å². The first-order chi connectivity index (χ1) is 9.06. The fourth-order valence-electron chi connectivity index (χ4n) is 2.27. The van der Waals surface area contributed by atoms with Gasteiger partial charge >= 0.3 is 0 Å². The summed E-state index contributed by atoms with van der Waals surface area (Å²) in [7, 11) is 1.90. The maximum atomic E-state index is 13.3. The van der Waals surface area contributed by atoms with Crippen molar-refractivity contribution in [3.63, 3.8) is 0 Å². The molecule has 0 bridgehead atoms. The fraction of sp³-hybridized carbons (Fsp3) is 0.500. The molecule has 0 saturated heterocycles. The molecule has 0 heterocycles. The van der Waals surface area contributed by atoms with E-state index in [0.717, 1.165) is 29.9 Å². The molecule has 0 unspecified atom stereocenters. The summed E-state index contributed by atoms with van der Waals surface area (Å²) in [5, 5.41) is 6.53. The van der Waals surface area contributed by atoms with Crippen LogP contribution in [0.5, 0.6) is 0 Å². The molecule has 19 heavy (non-hydrogen) atoms. The Bertz CT molecular complexity index is 454. The summed E-state index contributed by atoms with van der Waals surface area (Å²) in [5.41, 5.74) is 4.11. The lowest BCUT2D eigenvalue weighted by Gasteiger charge is -2.32. The van der Waals surface area contributed by atoms with E-state index in [2.05, 4.69) is 10.6 Å². The van der Waals surface area contributed by atoms with Gasteiger partial charge < -0.3 is 10.6 Å². The Morgan fingerprint density at radius 1 is 1.16 bits per heavy atom. The van der Waals surface area contributed by atoms with Crippen LogP contribution in [-0.2, 0) is 0 Å². The van der Waals surface area contributed by atoms with Crippen LogP contribution in [0.15, 0.2) is 35.5 Å². The van der Waals surface area contributed by atoms with Crippen LogP contribution < -0.4 is 10.6 Å². The number of anilines is 2. The first kappa shape index (κ1) is 13.9. The van der Waals surface area contributed by atoms with Crippen LogP contribution in [0.1, 0.15) is 33.1 Å². The van der Waals surface area contributed by atoms with Crippen molar-refractivity contribution in [2.75, 3.05) is 24.4 Å². The summed E-state index contributed by atoms with van der Waals surface area (Å²) in [5.74, 6) is 0. The average Bonchev–Trinajstić information content (AvgIpc) is 2.37. The Hall–Kier alpha value is -1.51. The van der Waals surface area contributed by atoms with Gasteiger partial charge in [-0.3, -0.25) is 4.39 Å². The fourth-order valence-corrected chi connectivity index (χ4v) is 2.27. The molecule has 104 valence electrons. The van der Waals surface area contributed by atoms with Gasteiger partial charge in [0.2, 0.25) is 0 Å². The highest BCUT2D eigenvalue weighted by Gasteiger charge is 2.28. The van der Waals surface area contributed by atoms with Crippen LogP contribution in [0.2, 0.25) is 0 Å². The third-order valence-electron chi connectivity index (χ3n) is 3.76. The quantitative estimate of drug-likeness (QED) is 0.812. The van der Waals surface area contributed by atoms with Crippen molar-refractivity contribution >= 4 is 11.4 Å². The Morgan fingerprint density at radius 2 is 1.74 bits per heavy atom. The normalized spacial score (nSPS) is 14.8. The highest BCUT2D eigenvalue weighted by molar-refractivity contribution is 5.57. The second kappa shape index (κ2) is 5.64. The molecule has 1 fully saturated rings. The molecule has 1 aliphatic rings. The lowest BCUT2D eigenvalue weighted by atomic mass is 9.80. The van der Waals surface area contributed by atoms with Crippen molar-refractivity contribution in [3.05, 3.63) is 35.5 Å². The maximum absolute atomic E-state index is 13.3. The predicted octanol–water partition coefficient (Wildman–Crippen LogP) is 4.57. The summed E-state index contributed by atoms with van der Waals surface area (Å²) >= 11 is 0. The van der Waals surface area contributed by atoms with Gasteiger partial charge in [-0.1, -0.05) is 19.4 Å². The smallest absolute Gasteiger partial charge is 0.0999 e. The summed E-state index contributed by atoms with van der Waals surface area (Å²) in [6.45, 7) is 3.58. The van der Waals surface area contributed by atoms with Crippen LogP contribution in [0.4, 0.5) is 15.8 Å². The molecular weight excluding hydrogens is 239 g/mol. The van der Waals surface area contributed by atoms with Crippen LogP contribution in [0.3, 0.4) is 0 Å². The first-order valence-electron chi connectivity index (χ1n) is 6.90. The lowest BCUT2D eigenvalue weighted by Crippen LogP contribution is -2.26. The van der Waals surface area contributed by atoms with Crippen LogP contribution >= 0.6 is 0 Å². The van der Waals surface area contributed by atoms with Gasteiger partial charge in [-0.05, 0) is 43.5 Å². The van der Waals surface area contributed by atoms with Gasteiger partial charge in [-0.2, -0.15) is 0 Å². The number of alkyl halides is 1. The van der Waals surface area contributed by atoms with Gasteiger partial charge in [0.15, 0.2) is 0 Å². The molecule has 1 saturated carbocycles. The van der Waals surface area contributed by atoms with Crippen LogP contribution in [-0.4, -0.2) is 13.7 Å². The largest absolute Gasteiger partial charge is 0.388 e. The number of hydrogen-bond acceptors (Lipinski definition) is 2. The Morgan fingerprint density at radius 3 is 2.16 bits per heavy atom. The van der Waals surface area contributed by atoms with Crippen molar-refractivity contribution in [2.24, 2.45) is 5.41 Å². The van der Waals surface area contributed by atoms with E-state index in [0.29, 0.717) is 0 Å². The molecule has 0 aromatic heterocycles. The van der Waals surface area contributed by atoms with Gasteiger partial charge in [0.25, 0.3) is 0 Å². The molecule has 1 aromatic carbocycles. The minimum absolute atomic E-state index is 0.340. The number of halogens is 1. The first-order valence-corrected chi connectivity index (χ1v) is 6.90. The van der Waals surface area contributed by atoms with Gasteiger partial charge in [0.1, 0.15) is 0 Å². The molecule has 2 nitrogen and oxygen atoms in total. The van der Waals surface area contributed by atoms with E-state index < -0.39 is 5.41 Å². The number of hydrogen-bond donors (Lipinski definition) is 2. The Kier molecular flexibility index (Phi) is 4.13. The standard InChI is InChI=1S/C16H23FN2/c1-16(2,11-17)15(12-5-4-6-12)19-14-9-7-13(18-3)8-10-14/h7-10,18-19H,4-6,11H2,1-3H3. The third kappa shape index (κ3) is 3.09. The topological polar surface area (TPSA) is 24.1 Å². The highest BCUT2D eigenvalue weighted by atomic mass is 19.1. The van der Waals surface area contributed by atoms with E-state index in [1.165, 1.54) is 12.0 Å². The molecule has 2 rings (SSSR count). The second-order valence-corrected chi connectivity index (χ2v) is 5.80.